The quantitative estimate of drug-likeness (QED) is 0.198. The number of aromatic carboxylic acids is 1. The molecule has 2 aromatic heterocycles. The number of hydrogen-bond donors (Lipinski definition) is 1. The van der Waals surface area contributed by atoms with Crippen LogP contribution in [-0.2, 0) is 12.7 Å². The van der Waals surface area contributed by atoms with Gasteiger partial charge in [0.2, 0.25) is 0 Å². The van der Waals surface area contributed by atoms with Crippen LogP contribution in [-0.4, -0.2) is 17.0 Å². The minimum atomic E-state index is -4.53. The Morgan fingerprint density at radius 2 is 1.61 bits per heavy atom. The van der Waals surface area contributed by atoms with Crippen LogP contribution < -0.4 is 4.90 Å². The first-order valence-corrected chi connectivity index (χ1v) is 13.5. The highest BCUT2D eigenvalue weighted by molar-refractivity contribution is 7.18. The van der Waals surface area contributed by atoms with Gasteiger partial charge in [-0.1, -0.05) is 65.7 Å². The van der Waals surface area contributed by atoms with Gasteiger partial charge in [0.25, 0.3) is 5.91 Å². The Labute approximate surface area is 246 Å². The lowest BCUT2D eigenvalue weighted by atomic mass is 10.1. The number of benzene rings is 3. The molecule has 0 aliphatic rings. The number of nitrogens with zero attached hydrogens (tertiary/aromatic N) is 1. The van der Waals surface area contributed by atoms with Crippen molar-refractivity contribution in [2.45, 2.75) is 12.7 Å². The number of furan rings is 1. The average molecular weight is 616 g/mol. The van der Waals surface area contributed by atoms with Crippen LogP contribution in [0.5, 0.6) is 0 Å². The Balaban J connectivity index is 1.58. The van der Waals surface area contributed by atoms with E-state index in [0.29, 0.717) is 9.90 Å². The second-order valence-corrected chi connectivity index (χ2v) is 10.8. The van der Waals surface area contributed by atoms with E-state index in [4.69, 9.17) is 27.6 Å². The molecule has 0 unspecified atom stereocenters. The lowest BCUT2D eigenvalue weighted by Crippen LogP contribution is -2.31. The summed E-state index contributed by atoms with van der Waals surface area (Å²) < 4.78 is 45.6. The second-order valence-electron chi connectivity index (χ2n) is 8.86. The number of anilines is 1. The van der Waals surface area contributed by atoms with Crippen molar-refractivity contribution in [3.63, 3.8) is 0 Å². The van der Waals surface area contributed by atoms with Gasteiger partial charge in [0.1, 0.15) is 16.4 Å². The first kappa shape index (κ1) is 28.5. The van der Waals surface area contributed by atoms with Gasteiger partial charge >= 0.3 is 12.1 Å². The predicted molar refractivity (Wildman–Crippen MR) is 153 cm³/mol. The van der Waals surface area contributed by atoms with E-state index < -0.39 is 23.6 Å². The maximum Gasteiger partial charge on any atom is 0.416 e. The van der Waals surface area contributed by atoms with Gasteiger partial charge in [-0.25, -0.2) is 4.79 Å². The van der Waals surface area contributed by atoms with E-state index in [1.54, 1.807) is 6.07 Å². The maximum atomic E-state index is 13.9. The van der Waals surface area contributed by atoms with Crippen molar-refractivity contribution in [1.82, 2.24) is 0 Å². The number of amides is 1. The fourth-order valence-electron chi connectivity index (χ4n) is 4.18. The van der Waals surface area contributed by atoms with Gasteiger partial charge in [-0.05, 0) is 54.1 Å². The number of rotatable bonds is 7. The third kappa shape index (κ3) is 6.17. The van der Waals surface area contributed by atoms with E-state index in [1.807, 2.05) is 30.3 Å². The minimum Gasteiger partial charge on any atom is -0.477 e. The van der Waals surface area contributed by atoms with Crippen molar-refractivity contribution in [2.24, 2.45) is 0 Å². The third-order valence-corrected chi connectivity index (χ3v) is 7.82. The van der Waals surface area contributed by atoms with Crippen LogP contribution in [0.3, 0.4) is 0 Å². The van der Waals surface area contributed by atoms with Crippen LogP contribution in [0.25, 0.3) is 21.8 Å². The van der Waals surface area contributed by atoms with Crippen molar-refractivity contribution < 1.29 is 32.3 Å². The molecule has 0 aliphatic heterocycles. The molecule has 0 bridgehead atoms. The topological polar surface area (TPSA) is 70.8 Å². The largest absolute Gasteiger partial charge is 0.477 e. The first-order chi connectivity index (χ1) is 19.5. The fraction of sp³-hybridized carbons (Fsp3) is 0.0667. The summed E-state index contributed by atoms with van der Waals surface area (Å²) in [5.41, 5.74) is 0.296. The molecule has 0 saturated carbocycles. The number of carbonyl (C=O) groups excluding carboxylic acids is 1. The molecule has 0 aliphatic carbocycles. The van der Waals surface area contributed by atoms with Crippen molar-refractivity contribution >= 4 is 52.1 Å². The summed E-state index contributed by atoms with van der Waals surface area (Å²) in [6.07, 6.45) is -4.53. The molecule has 5 nitrogen and oxygen atoms in total. The molecule has 0 radical (unpaired) electrons. The first-order valence-electron chi connectivity index (χ1n) is 12.0. The molecule has 0 saturated heterocycles. The predicted octanol–water partition coefficient (Wildman–Crippen LogP) is 9.55. The van der Waals surface area contributed by atoms with Gasteiger partial charge in [0.15, 0.2) is 0 Å². The van der Waals surface area contributed by atoms with Gasteiger partial charge in [-0.15, -0.1) is 11.3 Å². The molecule has 11 heteroatoms. The van der Waals surface area contributed by atoms with Gasteiger partial charge in [0.05, 0.1) is 28.4 Å². The molecule has 41 heavy (non-hydrogen) atoms. The molecule has 3 aromatic carbocycles. The van der Waals surface area contributed by atoms with Crippen molar-refractivity contribution in [1.29, 1.82) is 0 Å². The third-order valence-electron chi connectivity index (χ3n) is 6.11. The van der Waals surface area contributed by atoms with E-state index in [1.165, 1.54) is 47.4 Å². The van der Waals surface area contributed by atoms with Crippen LogP contribution in [0.15, 0.2) is 95.4 Å². The van der Waals surface area contributed by atoms with E-state index in [2.05, 4.69) is 0 Å². The number of thiophene rings is 1. The van der Waals surface area contributed by atoms with Gasteiger partial charge < -0.3 is 9.52 Å². The summed E-state index contributed by atoms with van der Waals surface area (Å²) in [6, 6.07) is 22.7. The number of halogens is 5. The van der Waals surface area contributed by atoms with Crippen LogP contribution in [0.4, 0.5) is 18.9 Å². The highest BCUT2D eigenvalue weighted by Gasteiger charge is 2.31. The molecule has 5 rings (SSSR count). The molecule has 5 aromatic rings. The number of carboxylic acids is 1. The summed E-state index contributed by atoms with van der Waals surface area (Å²) in [5, 5.41) is 10.4. The number of alkyl halides is 3. The zero-order valence-corrected chi connectivity index (χ0v) is 23.1. The Kier molecular flexibility index (Phi) is 7.95. The van der Waals surface area contributed by atoms with Crippen LogP contribution in [0.2, 0.25) is 10.0 Å². The summed E-state index contributed by atoms with van der Waals surface area (Å²) in [4.78, 5) is 27.9. The van der Waals surface area contributed by atoms with E-state index in [0.717, 1.165) is 29.0 Å². The van der Waals surface area contributed by atoms with Gasteiger partial charge in [-0.3, -0.25) is 9.69 Å². The zero-order valence-electron chi connectivity index (χ0n) is 20.8. The molecule has 0 atom stereocenters. The normalized spacial score (nSPS) is 11.4. The second kappa shape index (κ2) is 11.4. The van der Waals surface area contributed by atoms with E-state index in [-0.39, 0.29) is 44.8 Å². The maximum absolute atomic E-state index is 13.9. The highest BCUT2D eigenvalue weighted by Crippen LogP contribution is 2.39. The molecule has 1 amide bonds. The zero-order chi connectivity index (χ0) is 29.3. The summed E-state index contributed by atoms with van der Waals surface area (Å²) in [5.74, 6) is -1.50. The molecule has 1 N–H and O–H groups in total. The number of carbonyl (C=O) groups is 2. The smallest absolute Gasteiger partial charge is 0.416 e. The number of hydrogen-bond acceptors (Lipinski definition) is 4. The van der Waals surface area contributed by atoms with Crippen molar-refractivity contribution in [3.8, 4) is 21.8 Å². The molecule has 208 valence electrons. The lowest BCUT2D eigenvalue weighted by Gasteiger charge is -2.22. The van der Waals surface area contributed by atoms with Gasteiger partial charge in [-0.2, -0.15) is 13.2 Å². The Morgan fingerprint density at radius 3 is 2.29 bits per heavy atom. The fourth-order valence-corrected chi connectivity index (χ4v) is 5.67. The Morgan fingerprint density at radius 1 is 0.878 bits per heavy atom. The molecule has 2 heterocycles. The highest BCUT2D eigenvalue weighted by atomic mass is 35.5. The van der Waals surface area contributed by atoms with Crippen LogP contribution in [0, 0.1) is 0 Å². The summed E-state index contributed by atoms with van der Waals surface area (Å²) in [7, 11) is 0. The van der Waals surface area contributed by atoms with Gasteiger partial charge in [0, 0.05) is 15.5 Å². The monoisotopic (exact) mass is 615 g/mol. The SMILES string of the molecule is O=C(O)c1sc(-c2ccccc2)cc1N(Cc1ccc(-c2cccc(C(F)(F)F)c2)o1)C(=O)c1ccc(Cl)cc1Cl. The summed E-state index contributed by atoms with van der Waals surface area (Å²) >= 11 is 13.4. The Bertz CT molecular complexity index is 1750. The lowest BCUT2D eigenvalue weighted by molar-refractivity contribution is -0.137. The molecule has 0 fully saturated rings. The average Bonchev–Trinajstić information content (AvgIpc) is 3.59. The molecular formula is C30H18Cl2F3NO4S. The van der Waals surface area contributed by atoms with Crippen LogP contribution >= 0.6 is 34.5 Å². The summed E-state index contributed by atoms with van der Waals surface area (Å²) in [6.45, 7) is -0.234. The number of carboxylic acid groups (broad SMARTS) is 1. The molecular weight excluding hydrogens is 598 g/mol. The minimum absolute atomic E-state index is 0.0620. The van der Waals surface area contributed by atoms with E-state index in [9.17, 15) is 27.9 Å². The van der Waals surface area contributed by atoms with E-state index >= 15 is 0 Å². The standard InChI is InChI=1S/C30H18Cl2F3NO4S/c31-20-9-11-22(23(32)14-20)28(37)36(24-15-26(41-27(24)29(38)39)17-5-2-1-3-6-17)16-21-10-12-25(40-21)18-7-4-8-19(13-18)30(33,34)35/h1-15H,16H2,(H,38,39). The van der Waals surface area contributed by atoms with Crippen molar-refractivity contribution in [2.75, 3.05) is 4.90 Å². The van der Waals surface area contributed by atoms with Crippen LogP contribution in [0.1, 0.15) is 31.4 Å². The van der Waals surface area contributed by atoms with Crippen molar-refractivity contribution in [3.05, 3.63) is 123 Å². The Hall–Kier alpha value is -4.05. The molecule has 0 spiro atoms.